The van der Waals surface area contributed by atoms with E-state index < -0.39 is 5.91 Å². The minimum absolute atomic E-state index is 0.151. The first-order valence-electron chi connectivity index (χ1n) is 8.27. The molecule has 4 aromatic rings. The third-order valence-electron chi connectivity index (χ3n) is 3.97. The highest BCUT2D eigenvalue weighted by Gasteiger charge is 2.17. The smallest absolute Gasteiger partial charge is 0.291 e. The number of hydrogen-bond acceptors (Lipinski definition) is 5. The van der Waals surface area contributed by atoms with Gasteiger partial charge >= 0.3 is 0 Å². The second kappa shape index (κ2) is 7.50. The Morgan fingerprint density at radius 2 is 1.86 bits per heavy atom. The molecular formula is C20H13Cl2N3O3. The van der Waals surface area contributed by atoms with Crippen molar-refractivity contribution in [1.82, 2.24) is 10.1 Å². The normalized spacial score (nSPS) is 10.8. The number of furan rings is 1. The summed E-state index contributed by atoms with van der Waals surface area (Å²) in [5.41, 5.74) is 1.87. The number of aryl methyl sites for hydroxylation is 1. The summed E-state index contributed by atoms with van der Waals surface area (Å²) < 4.78 is 10.9. The average Bonchev–Trinajstić information content (AvgIpc) is 3.34. The van der Waals surface area contributed by atoms with E-state index in [4.69, 9.17) is 32.1 Å². The van der Waals surface area contributed by atoms with E-state index in [-0.39, 0.29) is 5.76 Å². The number of carbonyl (C=O) groups is 1. The molecule has 2 heterocycles. The van der Waals surface area contributed by atoms with Gasteiger partial charge in [-0.1, -0.05) is 40.5 Å². The molecule has 0 radical (unpaired) electrons. The van der Waals surface area contributed by atoms with Crippen LogP contribution in [0.5, 0.6) is 0 Å². The lowest BCUT2D eigenvalue weighted by Crippen LogP contribution is -2.11. The van der Waals surface area contributed by atoms with Crippen molar-refractivity contribution < 1.29 is 13.7 Å². The summed E-state index contributed by atoms with van der Waals surface area (Å²) in [6.45, 7) is 1.72. The molecule has 8 heteroatoms. The summed E-state index contributed by atoms with van der Waals surface area (Å²) in [6, 6.07) is 15.5. The van der Waals surface area contributed by atoms with Crippen LogP contribution < -0.4 is 5.32 Å². The second-order valence-corrected chi connectivity index (χ2v) is 6.75. The van der Waals surface area contributed by atoms with E-state index in [0.29, 0.717) is 38.8 Å². The van der Waals surface area contributed by atoms with Gasteiger partial charge in [0.15, 0.2) is 11.6 Å². The zero-order chi connectivity index (χ0) is 19.7. The summed E-state index contributed by atoms with van der Waals surface area (Å²) in [5, 5.41) is 7.45. The predicted octanol–water partition coefficient (Wildman–Crippen LogP) is 5.86. The van der Waals surface area contributed by atoms with Crippen LogP contribution in [0, 0.1) is 6.92 Å². The average molecular weight is 414 g/mol. The predicted molar refractivity (Wildman–Crippen MR) is 107 cm³/mol. The third-order valence-corrected chi connectivity index (χ3v) is 4.71. The van der Waals surface area contributed by atoms with Gasteiger partial charge in [-0.3, -0.25) is 4.79 Å². The second-order valence-electron chi connectivity index (χ2n) is 5.94. The summed E-state index contributed by atoms with van der Waals surface area (Å²) in [4.78, 5) is 16.9. The lowest BCUT2D eigenvalue weighted by atomic mass is 10.1. The van der Waals surface area contributed by atoms with Crippen molar-refractivity contribution in [2.45, 2.75) is 6.92 Å². The standard InChI is InChI=1S/C20H13Cl2N3O3/c1-11-23-20(28-25-11)13-4-2-3-5-16(13)24-19(26)18-9-8-17(27-18)12-6-7-14(21)15(22)10-12/h2-10H,1H3,(H,24,26). The van der Waals surface area contributed by atoms with Crippen molar-refractivity contribution >= 4 is 34.8 Å². The van der Waals surface area contributed by atoms with Crippen molar-refractivity contribution in [1.29, 1.82) is 0 Å². The third kappa shape index (κ3) is 3.65. The van der Waals surface area contributed by atoms with Gasteiger partial charge in [0.2, 0.25) is 0 Å². The first-order valence-corrected chi connectivity index (χ1v) is 9.03. The van der Waals surface area contributed by atoms with Gasteiger partial charge in [-0.25, -0.2) is 0 Å². The first kappa shape index (κ1) is 18.3. The number of anilines is 1. The molecule has 6 nitrogen and oxygen atoms in total. The van der Waals surface area contributed by atoms with Gasteiger partial charge in [0.25, 0.3) is 11.8 Å². The van der Waals surface area contributed by atoms with Gasteiger partial charge in [0, 0.05) is 5.56 Å². The van der Waals surface area contributed by atoms with Crippen molar-refractivity contribution in [3.63, 3.8) is 0 Å². The number of para-hydroxylation sites is 1. The molecule has 1 N–H and O–H groups in total. The maximum absolute atomic E-state index is 12.6. The number of halogens is 2. The van der Waals surface area contributed by atoms with Crippen LogP contribution in [0.15, 0.2) is 63.5 Å². The fourth-order valence-electron chi connectivity index (χ4n) is 2.63. The van der Waals surface area contributed by atoms with Crippen LogP contribution in [0.25, 0.3) is 22.8 Å². The van der Waals surface area contributed by atoms with Crippen LogP contribution >= 0.6 is 23.2 Å². The number of nitrogens with zero attached hydrogens (tertiary/aromatic N) is 2. The molecule has 0 saturated heterocycles. The Bertz CT molecular complexity index is 1170. The topological polar surface area (TPSA) is 81.2 Å². The van der Waals surface area contributed by atoms with Crippen LogP contribution in [-0.4, -0.2) is 16.0 Å². The summed E-state index contributed by atoms with van der Waals surface area (Å²) in [7, 11) is 0. The van der Waals surface area contributed by atoms with Crippen molar-refractivity contribution in [3.05, 3.63) is 76.2 Å². The molecule has 2 aromatic heterocycles. The molecule has 0 saturated carbocycles. The Hall–Kier alpha value is -3.09. The monoisotopic (exact) mass is 413 g/mol. The fraction of sp³-hybridized carbons (Fsp3) is 0.0500. The van der Waals surface area contributed by atoms with Gasteiger partial charge < -0.3 is 14.3 Å². The van der Waals surface area contributed by atoms with Crippen molar-refractivity contribution in [2.24, 2.45) is 0 Å². The van der Waals surface area contributed by atoms with Crippen LogP contribution in [-0.2, 0) is 0 Å². The van der Waals surface area contributed by atoms with E-state index in [1.165, 1.54) is 0 Å². The van der Waals surface area contributed by atoms with Crippen molar-refractivity contribution in [2.75, 3.05) is 5.32 Å². The Morgan fingerprint density at radius 3 is 2.61 bits per heavy atom. The number of nitrogens with one attached hydrogen (secondary N) is 1. The lowest BCUT2D eigenvalue weighted by molar-refractivity contribution is 0.0997. The van der Waals surface area contributed by atoms with Crippen LogP contribution in [0.1, 0.15) is 16.4 Å². The van der Waals surface area contributed by atoms with Gasteiger partial charge in [0.05, 0.1) is 21.3 Å². The largest absolute Gasteiger partial charge is 0.451 e. The lowest BCUT2D eigenvalue weighted by Gasteiger charge is -2.07. The van der Waals surface area contributed by atoms with E-state index in [9.17, 15) is 4.79 Å². The van der Waals surface area contributed by atoms with E-state index in [1.54, 1.807) is 55.5 Å². The highest BCUT2D eigenvalue weighted by Crippen LogP contribution is 2.30. The zero-order valence-electron chi connectivity index (χ0n) is 14.6. The van der Waals surface area contributed by atoms with E-state index in [0.717, 1.165) is 5.56 Å². The summed E-state index contributed by atoms with van der Waals surface area (Å²) in [6.07, 6.45) is 0. The molecule has 140 valence electrons. The van der Waals surface area contributed by atoms with E-state index in [1.807, 2.05) is 6.07 Å². The number of rotatable bonds is 4. The molecule has 0 aliphatic rings. The van der Waals surface area contributed by atoms with E-state index >= 15 is 0 Å². The maximum Gasteiger partial charge on any atom is 0.291 e. The number of aromatic nitrogens is 2. The number of benzene rings is 2. The minimum Gasteiger partial charge on any atom is -0.451 e. The first-order chi connectivity index (χ1) is 13.5. The SMILES string of the molecule is Cc1noc(-c2ccccc2NC(=O)c2ccc(-c3ccc(Cl)c(Cl)c3)o2)n1. The Morgan fingerprint density at radius 1 is 1.04 bits per heavy atom. The van der Waals surface area contributed by atoms with Gasteiger partial charge in [0.1, 0.15) is 5.76 Å². The molecule has 0 bridgehead atoms. The van der Waals surface area contributed by atoms with Gasteiger partial charge in [-0.05, 0) is 49.4 Å². The number of amides is 1. The molecule has 0 unspecified atom stereocenters. The van der Waals surface area contributed by atoms with Crippen LogP contribution in [0.2, 0.25) is 10.0 Å². The number of carbonyl (C=O) groups excluding carboxylic acids is 1. The Kier molecular flexibility index (Phi) is 4.90. The molecule has 2 aromatic carbocycles. The molecule has 4 rings (SSSR count). The molecule has 0 aliphatic carbocycles. The highest BCUT2D eigenvalue weighted by molar-refractivity contribution is 6.42. The Labute approximate surface area is 170 Å². The highest BCUT2D eigenvalue weighted by atomic mass is 35.5. The summed E-state index contributed by atoms with van der Waals surface area (Å²) in [5.74, 6) is 1.08. The summed E-state index contributed by atoms with van der Waals surface area (Å²) >= 11 is 12.0. The van der Waals surface area contributed by atoms with Crippen LogP contribution in [0.4, 0.5) is 5.69 Å². The molecule has 0 spiro atoms. The van der Waals surface area contributed by atoms with Crippen molar-refractivity contribution in [3.8, 4) is 22.8 Å². The van der Waals surface area contributed by atoms with Crippen LogP contribution in [0.3, 0.4) is 0 Å². The molecule has 0 fully saturated rings. The molecule has 1 amide bonds. The number of hydrogen-bond donors (Lipinski definition) is 1. The molecular weight excluding hydrogens is 401 g/mol. The quantitative estimate of drug-likeness (QED) is 0.452. The van der Waals surface area contributed by atoms with Gasteiger partial charge in [-0.2, -0.15) is 4.98 Å². The fourth-order valence-corrected chi connectivity index (χ4v) is 2.93. The maximum atomic E-state index is 12.6. The van der Waals surface area contributed by atoms with Gasteiger partial charge in [-0.15, -0.1) is 0 Å². The molecule has 0 aliphatic heterocycles. The molecule has 28 heavy (non-hydrogen) atoms. The Balaban J connectivity index is 1.59. The van der Waals surface area contributed by atoms with E-state index in [2.05, 4.69) is 15.5 Å². The molecule has 0 atom stereocenters. The zero-order valence-corrected chi connectivity index (χ0v) is 16.1. The minimum atomic E-state index is -0.407.